The van der Waals surface area contributed by atoms with Crippen LogP contribution in [0.1, 0.15) is 90.9 Å². The smallest absolute Gasteiger partial charge is 0.245 e. The van der Waals surface area contributed by atoms with Gasteiger partial charge in [0.05, 0.1) is 6.54 Å². The Morgan fingerprint density at radius 1 is 0.963 bits per heavy atom. The lowest BCUT2D eigenvalue weighted by molar-refractivity contribution is -0.134. The van der Waals surface area contributed by atoms with Crippen molar-refractivity contribution in [3.63, 3.8) is 0 Å². The van der Waals surface area contributed by atoms with Crippen LogP contribution in [-0.4, -0.2) is 35.0 Å². The zero-order valence-corrected chi connectivity index (χ0v) is 17.2. The molecule has 6 heteroatoms. The van der Waals surface area contributed by atoms with Crippen LogP contribution in [0.2, 0.25) is 0 Å². The van der Waals surface area contributed by atoms with E-state index in [0.29, 0.717) is 18.8 Å². The number of carbonyl (C=O) groups is 2. The molecule has 0 fully saturated rings. The number of aromatic nitrogens is 1. The monoisotopic (exact) mass is 379 g/mol. The second-order valence-corrected chi connectivity index (χ2v) is 7.18. The third kappa shape index (κ3) is 11.5. The Hall–Kier alpha value is -1.85. The van der Waals surface area contributed by atoms with Crippen LogP contribution in [0.5, 0.6) is 0 Å². The predicted molar refractivity (Wildman–Crippen MR) is 108 cm³/mol. The van der Waals surface area contributed by atoms with Gasteiger partial charge in [-0.1, -0.05) is 76.8 Å². The third-order valence-electron chi connectivity index (χ3n) is 4.67. The number of unbranched alkanes of at least 4 members (excludes halogenated alkanes) is 9. The molecule has 0 saturated heterocycles. The van der Waals surface area contributed by atoms with Gasteiger partial charge in [0.15, 0.2) is 5.82 Å². The van der Waals surface area contributed by atoms with Crippen molar-refractivity contribution >= 4 is 17.6 Å². The van der Waals surface area contributed by atoms with E-state index in [1.807, 2.05) is 0 Å². The molecule has 1 aromatic rings. The summed E-state index contributed by atoms with van der Waals surface area (Å²) in [7, 11) is 0. The maximum absolute atomic E-state index is 12.6. The Morgan fingerprint density at radius 3 is 2.22 bits per heavy atom. The van der Waals surface area contributed by atoms with Crippen molar-refractivity contribution < 1.29 is 14.1 Å². The minimum atomic E-state index is -0.229. The van der Waals surface area contributed by atoms with Crippen molar-refractivity contribution in [2.45, 2.75) is 90.9 Å². The van der Waals surface area contributed by atoms with Crippen LogP contribution in [0.3, 0.4) is 0 Å². The second-order valence-electron chi connectivity index (χ2n) is 7.18. The van der Waals surface area contributed by atoms with Crippen LogP contribution < -0.4 is 5.32 Å². The molecule has 1 heterocycles. The molecule has 0 bridgehead atoms. The summed E-state index contributed by atoms with van der Waals surface area (Å²) in [6.07, 6.45) is 14.5. The average Bonchev–Trinajstić information content (AvgIpc) is 3.16. The number of carbonyl (C=O) groups excluding carboxylic acids is 2. The molecule has 0 spiro atoms. The number of amides is 2. The number of hydrogen-bond donors (Lipinski definition) is 1. The summed E-state index contributed by atoms with van der Waals surface area (Å²) in [5.74, 6) is 0.230. The Labute approximate surface area is 164 Å². The Balaban J connectivity index is 2.36. The van der Waals surface area contributed by atoms with Gasteiger partial charge in [-0.25, -0.2) is 0 Å². The van der Waals surface area contributed by atoms with Gasteiger partial charge in [0.1, 0.15) is 6.26 Å². The molecule has 1 aromatic heterocycles. The molecule has 0 aliphatic carbocycles. The Bertz CT molecular complexity index is 503. The van der Waals surface area contributed by atoms with Gasteiger partial charge >= 0.3 is 0 Å². The number of nitrogens with zero attached hydrogens (tertiary/aromatic N) is 2. The summed E-state index contributed by atoms with van der Waals surface area (Å²) in [4.78, 5) is 26.5. The molecule has 0 aliphatic heterocycles. The maximum Gasteiger partial charge on any atom is 0.245 e. The van der Waals surface area contributed by atoms with Gasteiger partial charge in [-0.2, -0.15) is 0 Å². The highest BCUT2D eigenvalue weighted by Crippen LogP contribution is 2.11. The average molecular weight is 380 g/mol. The first-order valence-electron chi connectivity index (χ1n) is 10.6. The lowest BCUT2D eigenvalue weighted by Crippen LogP contribution is -2.38. The molecule has 0 unspecified atom stereocenters. The lowest BCUT2D eigenvalue weighted by Gasteiger charge is -2.22. The van der Waals surface area contributed by atoms with Crippen molar-refractivity contribution in [1.29, 1.82) is 0 Å². The van der Waals surface area contributed by atoms with Gasteiger partial charge in [0.25, 0.3) is 0 Å². The molecule has 27 heavy (non-hydrogen) atoms. The molecular weight excluding hydrogens is 342 g/mol. The molecule has 0 radical (unpaired) electrons. The number of rotatable bonds is 16. The van der Waals surface area contributed by atoms with Crippen molar-refractivity contribution in [2.24, 2.45) is 0 Å². The minimum Gasteiger partial charge on any atom is -0.363 e. The number of hydrogen-bond acceptors (Lipinski definition) is 4. The molecule has 0 aliphatic rings. The van der Waals surface area contributed by atoms with Crippen LogP contribution in [0.15, 0.2) is 16.9 Å². The highest BCUT2D eigenvalue weighted by molar-refractivity contribution is 5.93. The van der Waals surface area contributed by atoms with Crippen molar-refractivity contribution in [3.05, 3.63) is 12.3 Å². The molecule has 6 nitrogen and oxygen atoms in total. The summed E-state index contributed by atoms with van der Waals surface area (Å²) in [6.45, 7) is 5.09. The van der Waals surface area contributed by atoms with Crippen LogP contribution >= 0.6 is 0 Å². The second kappa shape index (κ2) is 15.2. The van der Waals surface area contributed by atoms with Gasteiger partial charge in [0.2, 0.25) is 11.8 Å². The molecule has 0 saturated carbocycles. The molecule has 154 valence electrons. The topological polar surface area (TPSA) is 75.4 Å². The molecule has 0 atom stereocenters. The molecule has 2 amide bonds. The fourth-order valence-corrected chi connectivity index (χ4v) is 3.05. The largest absolute Gasteiger partial charge is 0.363 e. The first kappa shape index (κ1) is 23.2. The highest BCUT2D eigenvalue weighted by atomic mass is 16.5. The van der Waals surface area contributed by atoms with Crippen molar-refractivity contribution in [3.8, 4) is 0 Å². The van der Waals surface area contributed by atoms with Gasteiger partial charge < -0.3 is 14.7 Å². The summed E-state index contributed by atoms with van der Waals surface area (Å²) >= 11 is 0. The summed E-state index contributed by atoms with van der Waals surface area (Å²) in [6, 6.07) is 1.59. The Morgan fingerprint density at radius 2 is 1.59 bits per heavy atom. The lowest BCUT2D eigenvalue weighted by atomic mass is 10.1. The summed E-state index contributed by atoms with van der Waals surface area (Å²) in [5, 5.41) is 6.34. The minimum absolute atomic E-state index is 0.0777. The number of nitrogens with one attached hydrogen (secondary N) is 1. The van der Waals surface area contributed by atoms with Gasteiger partial charge in [0, 0.05) is 19.0 Å². The van der Waals surface area contributed by atoms with E-state index in [0.717, 1.165) is 38.5 Å². The van der Waals surface area contributed by atoms with Gasteiger partial charge in [-0.15, -0.1) is 0 Å². The maximum atomic E-state index is 12.6. The van der Waals surface area contributed by atoms with Gasteiger partial charge in [-0.05, 0) is 12.8 Å². The van der Waals surface area contributed by atoms with E-state index in [9.17, 15) is 9.59 Å². The Kier molecular flexibility index (Phi) is 13.1. The zero-order valence-electron chi connectivity index (χ0n) is 17.2. The fourth-order valence-electron chi connectivity index (χ4n) is 3.05. The molecule has 1 rings (SSSR count). The van der Waals surface area contributed by atoms with Crippen LogP contribution in [-0.2, 0) is 9.59 Å². The summed E-state index contributed by atoms with van der Waals surface area (Å²) in [5.41, 5.74) is 0. The number of anilines is 1. The first-order chi connectivity index (χ1) is 13.2. The zero-order chi connectivity index (χ0) is 19.7. The van der Waals surface area contributed by atoms with Crippen LogP contribution in [0.25, 0.3) is 0 Å². The highest BCUT2D eigenvalue weighted by Gasteiger charge is 2.17. The van der Waals surface area contributed by atoms with Crippen molar-refractivity contribution in [2.75, 3.05) is 18.4 Å². The predicted octanol–water partition coefficient (Wildman–Crippen LogP) is 5.16. The van der Waals surface area contributed by atoms with E-state index < -0.39 is 0 Å². The van der Waals surface area contributed by atoms with E-state index >= 15 is 0 Å². The quantitative estimate of drug-likeness (QED) is 0.402. The summed E-state index contributed by atoms with van der Waals surface area (Å²) < 4.78 is 4.71. The fraction of sp³-hybridized carbons (Fsp3) is 0.762. The first-order valence-corrected chi connectivity index (χ1v) is 10.6. The van der Waals surface area contributed by atoms with E-state index in [1.54, 1.807) is 11.0 Å². The van der Waals surface area contributed by atoms with E-state index in [4.69, 9.17) is 4.52 Å². The molecule has 0 aromatic carbocycles. The van der Waals surface area contributed by atoms with Crippen LogP contribution in [0.4, 0.5) is 5.82 Å². The SMILES string of the molecule is CCCCCCCCCC(=O)N(CCCCCC)CC(=O)Nc1ccon1. The van der Waals surface area contributed by atoms with E-state index in [1.165, 1.54) is 38.4 Å². The standard InChI is InChI=1S/C21H37N3O3/c1-3-5-7-9-10-11-12-14-21(26)24(16-13-8-6-4-2)18-20(25)22-19-15-17-27-23-19/h15,17H,3-14,16,18H2,1-2H3,(H,22,23,25). The van der Waals surface area contributed by atoms with E-state index in [2.05, 4.69) is 24.3 Å². The van der Waals surface area contributed by atoms with Crippen molar-refractivity contribution in [1.82, 2.24) is 10.1 Å². The van der Waals surface area contributed by atoms with E-state index in [-0.39, 0.29) is 18.4 Å². The van der Waals surface area contributed by atoms with Gasteiger partial charge in [-0.3, -0.25) is 9.59 Å². The normalized spacial score (nSPS) is 10.7. The molecule has 1 N–H and O–H groups in total. The molecular formula is C21H37N3O3. The third-order valence-corrected chi connectivity index (χ3v) is 4.67. The van der Waals surface area contributed by atoms with Crippen LogP contribution in [0, 0.1) is 0 Å².